The zero-order valence-electron chi connectivity index (χ0n) is 20.4. The average Bonchev–Trinajstić information content (AvgIpc) is 3.48. The molecule has 10 heteroatoms. The quantitative estimate of drug-likeness (QED) is 0.659. The van der Waals surface area contributed by atoms with Crippen molar-refractivity contribution in [3.63, 3.8) is 0 Å². The Kier molecular flexibility index (Phi) is 5.61. The Labute approximate surface area is 209 Å². The van der Waals surface area contributed by atoms with Gasteiger partial charge in [0, 0.05) is 31.1 Å². The number of rotatable bonds is 3. The van der Waals surface area contributed by atoms with Gasteiger partial charge in [0.1, 0.15) is 6.04 Å². The molecular formula is C26H30N6O4. The topological polar surface area (TPSA) is 118 Å². The van der Waals surface area contributed by atoms with Crippen LogP contribution in [0.4, 0.5) is 0 Å². The van der Waals surface area contributed by atoms with Crippen LogP contribution in [0.15, 0.2) is 24.4 Å². The van der Waals surface area contributed by atoms with Crippen LogP contribution in [0.3, 0.4) is 0 Å². The van der Waals surface area contributed by atoms with Crippen LogP contribution in [0.1, 0.15) is 78.3 Å². The molecule has 4 atom stereocenters. The zero-order valence-corrected chi connectivity index (χ0v) is 20.4. The summed E-state index contributed by atoms with van der Waals surface area (Å²) in [7, 11) is 0. The maximum absolute atomic E-state index is 13.4. The third-order valence-electron chi connectivity index (χ3n) is 8.33. The molecule has 2 aromatic rings. The molecule has 1 aromatic heterocycles. The number of carbonyl (C=O) groups is 4. The summed E-state index contributed by atoms with van der Waals surface area (Å²) in [6, 6.07) is 5.03. The van der Waals surface area contributed by atoms with Crippen molar-refractivity contribution in [2.45, 2.75) is 70.5 Å². The summed E-state index contributed by atoms with van der Waals surface area (Å²) < 4.78 is 1.53. The maximum atomic E-state index is 13.4. The van der Waals surface area contributed by atoms with E-state index in [1.54, 1.807) is 12.3 Å². The summed E-state index contributed by atoms with van der Waals surface area (Å²) in [5, 5.41) is 10.7. The molecule has 10 nitrogen and oxygen atoms in total. The summed E-state index contributed by atoms with van der Waals surface area (Å²) in [4.78, 5) is 53.8. The molecule has 188 valence electrons. The highest BCUT2D eigenvalue weighted by Crippen LogP contribution is 2.38. The van der Waals surface area contributed by atoms with Crippen LogP contribution in [0.25, 0.3) is 5.69 Å². The smallest absolute Gasteiger partial charge is 0.276 e. The van der Waals surface area contributed by atoms with Gasteiger partial charge in [-0.15, -0.1) is 5.10 Å². The van der Waals surface area contributed by atoms with E-state index in [0.29, 0.717) is 35.8 Å². The second kappa shape index (κ2) is 8.83. The summed E-state index contributed by atoms with van der Waals surface area (Å²) >= 11 is 0. The Morgan fingerprint density at radius 1 is 1.11 bits per heavy atom. The molecular weight excluding hydrogens is 460 g/mol. The Morgan fingerprint density at radius 2 is 1.97 bits per heavy atom. The lowest BCUT2D eigenvalue weighted by Crippen LogP contribution is -2.52. The number of benzene rings is 1. The van der Waals surface area contributed by atoms with Crippen LogP contribution >= 0.6 is 0 Å². The van der Waals surface area contributed by atoms with Crippen molar-refractivity contribution < 1.29 is 19.2 Å². The molecule has 1 N–H and O–H groups in total. The SMILES string of the molecule is CC1CCC2C(CCCN2C(=O)c2cn(-c3ccc4c(c3)C(=O)N(C3CCC(=O)NC3=O)C4)nn2)C1. The molecule has 3 fully saturated rings. The van der Waals surface area contributed by atoms with E-state index in [1.807, 2.05) is 17.0 Å². The van der Waals surface area contributed by atoms with Gasteiger partial charge < -0.3 is 9.80 Å². The molecule has 4 amide bonds. The van der Waals surface area contributed by atoms with Gasteiger partial charge in [0.05, 0.1) is 11.9 Å². The first kappa shape index (κ1) is 22.9. The van der Waals surface area contributed by atoms with E-state index in [-0.39, 0.29) is 30.2 Å². The van der Waals surface area contributed by atoms with Crippen molar-refractivity contribution in [3.8, 4) is 5.69 Å². The maximum Gasteiger partial charge on any atom is 0.276 e. The second-order valence-corrected chi connectivity index (χ2v) is 10.7. The second-order valence-electron chi connectivity index (χ2n) is 10.7. The molecule has 3 aliphatic heterocycles. The highest BCUT2D eigenvalue weighted by Gasteiger charge is 2.40. The van der Waals surface area contributed by atoms with Crippen molar-refractivity contribution >= 4 is 23.6 Å². The number of hydrogen-bond acceptors (Lipinski definition) is 6. The van der Waals surface area contributed by atoms with E-state index >= 15 is 0 Å². The third-order valence-corrected chi connectivity index (χ3v) is 8.33. The van der Waals surface area contributed by atoms with Gasteiger partial charge in [-0.1, -0.05) is 18.2 Å². The Balaban J connectivity index is 1.20. The number of fused-ring (bicyclic) bond motifs is 2. The van der Waals surface area contributed by atoms with E-state index < -0.39 is 11.9 Å². The summed E-state index contributed by atoms with van der Waals surface area (Å²) in [6.45, 7) is 3.37. The lowest BCUT2D eigenvalue weighted by atomic mass is 9.74. The first-order valence-electron chi connectivity index (χ1n) is 12.9. The number of carbonyl (C=O) groups excluding carboxylic acids is 4. The van der Waals surface area contributed by atoms with Gasteiger partial charge in [-0.25, -0.2) is 4.68 Å². The highest BCUT2D eigenvalue weighted by molar-refractivity contribution is 6.05. The Morgan fingerprint density at radius 3 is 2.81 bits per heavy atom. The van der Waals surface area contributed by atoms with Gasteiger partial charge in [0.25, 0.3) is 11.8 Å². The molecule has 0 bridgehead atoms. The molecule has 2 saturated heterocycles. The number of nitrogens with zero attached hydrogens (tertiary/aromatic N) is 5. The van der Waals surface area contributed by atoms with Crippen LogP contribution in [-0.2, 0) is 16.1 Å². The van der Waals surface area contributed by atoms with Crippen LogP contribution < -0.4 is 5.32 Å². The largest absolute Gasteiger partial charge is 0.334 e. The minimum atomic E-state index is -0.655. The zero-order chi connectivity index (χ0) is 25.0. The molecule has 0 spiro atoms. The summed E-state index contributed by atoms with van der Waals surface area (Å²) in [5.74, 6) is 0.222. The average molecular weight is 491 g/mol. The van der Waals surface area contributed by atoms with Gasteiger partial charge in [-0.2, -0.15) is 0 Å². The molecule has 1 aromatic carbocycles. The predicted molar refractivity (Wildman–Crippen MR) is 128 cm³/mol. The molecule has 6 rings (SSSR count). The highest BCUT2D eigenvalue weighted by atomic mass is 16.2. The number of amides is 4. The molecule has 4 unspecified atom stereocenters. The van der Waals surface area contributed by atoms with Crippen molar-refractivity contribution in [2.24, 2.45) is 11.8 Å². The van der Waals surface area contributed by atoms with Crippen molar-refractivity contribution in [3.05, 3.63) is 41.2 Å². The van der Waals surface area contributed by atoms with E-state index in [2.05, 4.69) is 22.6 Å². The lowest BCUT2D eigenvalue weighted by molar-refractivity contribution is -0.136. The fraction of sp³-hybridized carbons (Fsp3) is 0.538. The van der Waals surface area contributed by atoms with Gasteiger partial charge in [0.15, 0.2) is 5.69 Å². The van der Waals surface area contributed by atoms with Crippen molar-refractivity contribution in [1.82, 2.24) is 30.1 Å². The number of nitrogens with one attached hydrogen (secondary N) is 1. The first-order chi connectivity index (χ1) is 17.4. The van der Waals surface area contributed by atoms with Gasteiger partial charge in [-0.3, -0.25) is 24.5 Å². The van der Waals surface area contributed by atoms with Gasteiger partial charge in [-0.05, 0) is 68.1 Å². The van der Waals surface area contributed by atoms with E-state index in [4.69, 9.17) is 0 Å². The minimum absolute atomic E-state index is 0.0771. The van der Waals surface area contributed by atoms with E-state index in [0.717, 1.165) is 37.3 Å². The summed E-state index contributed by atoms with van der Waals surface area (Å²) in [5.41, 5.74) is 2.25. The van der Waals surface area contributed by atoms with Crippen LogP contribution in [-0.4, -0.2) is 67.1 Å². The van der Waals surface area contributed by atoms with E-state index in [9.17, 15) is 19.2 Å². The first-order valence-corrected chi connectivity index (χ1v) is 12.9. The van der Waals surface area contributed by atoms with Gasteiger partial charge in [0.2, 0.25) is 11.8 Å². The number of imide groups is 1. The van der Waals surface area contributed by atoms with Crippen LogP contribution in [0.5, 0.6) is 0 Å². The number of piperidine rings is 2. The van der Waals surface area contributed by atoms with Crippen LogP contribution in [0, 0.1) is 11.8 Å². The summed E-state index contributed by atoms with van der Waals surface area (Å²) in [6.07, 6.45) is 7.75. The number of hydrogen-bond donors (Lipinski definition) is 1. The molecule has 1 aliphatic carbocycles. The Bertz CT molecular complexity index is 1250. The lowest BCUT2D eigenvalue weighted by Gasteiger charge is -2.45. The minimum Gasteiger partial charge on any atom is -0.334 e. The number of likely N-dealkylation sites (tertiary alicyclic amines) is 1. The normalized spacial score (nSPS) is 28.1. The standard InChI is InChI=1S/C26H30N6O4/c1-15-4-7-21-16(11-15)3-2-10-30(21)26(36)20-14-32(29-28-20)18-6-5-17-13-31(25(35)19(17)12-18)22-8-9-23(33)27-24(22)34/h5-6,12,14-16,21-22H,2-4,7-11,13H2,1H3,(H,27,33,34). The predicted octanol–water partition coefficient (Wildman–Crippen LogP) is 2.07. The number of aromatic nitrogens is 3. The molecule has 4 aliphatic rings. The third kappa shape index (κ3) is 3.88. The van der Waals surface area contributed by atoms with Crippen molar-refractivity contribution in [1.29, 1.82) is 0 Å². The molecule has 1 saturated carbocycles. The fourth-order valence-electron chi connectivity index (χ4n) is 6.47. The molecule has 4 heterocycles. The van der Waals surface area contributed by atoms with Crippen LogP contribution in [0.2, 0.25) is 0 Å². The van der Waals surface area contributed by atoms with Gasteiger partial charge >= 0.3 is 0 Å². The Hall–Kier alpha value is -3.56. The monoisotopic (exact) mass is 490 g/mol. The molecule has 0 radical (unpaired) electrons. The van der Waals surface area contributed by atoms with E-state index in [1.165, 1.54) is 22.4 Å². The molecule has 36 heavy (non-hydrogen) atoms. The van der Waals surface area contributed by atoms with Crippen molar-refractivity contribution in [2.75, 3.05) is 6.54 Å². The fourth-order valence-corrected chi connectivity index (χ4v) is 6.47.